The molecule has 0 bridgehead atoms. The minimum absolute atomic E-state index is 0.105. The molecule has 20 heavy (non-hydrogen) atoms. The number of para-hydroxylation sites is 1. The van der Waals surface area contributed by atoms with Gasteiger partial charge in [-0.25, -0.2) is 9.53 Å². The number of anilines is 1. The maximum Gasteiger partial charge on any atom is 0.370 e. The fourth-order valence-electron chi connectivity index (χ4n) is 1.79. The molecule has 1 aromatic heterocycles. The molecule has 0 unspecified atom stereocenters. The highest BCUT2D eigenvalue weighted by Gasteiger charge is 2.21. The van der Waals surface area contributed by atoms with Crippen molar-refractivity contribution in [3.8, 4) is 0 Å². The molecule has 0 fully saturated rings. The Kier molecular flexibility index (Phi) is 3.43. The lowest BCUT2D eigenvalue weighted by molar-refractivity contribution is 0.100. The van der Waals surface area contributed by atoms with Crippen LogP contribution in [0.2, 0.25) is 0 Å². The summed E-state index contributed by atoms with van der Waals surface area (Å²) in [5, 5.41) is 2.49. The van der Waals surface area contributed by atoms with Crippen LogP contribution in [0.4, 0.5) is 5.69 Å². The highest BCUT2D eigenvalue weighted by molar-refractivity contribution is 6.08. The molecule has 0 saturated heterocycles. The van der Waals surface area contributed by atoms with Gasteiger partial charge in [0.05, 0.1) is 16.9 Å². The first-order chi connectivity index (χ1) is 9.41. The van der Waals surface area contributed by atoms with Crippen LogP contribution in [0.5, 0.6) is 0 Å². The number of aromatic nitrogens is 1. The molecular weight excluding hydrogens is 262 g/mol. The zero-order valence-electron chi connectivity index (χ0n) is 11.0. The molecule has 0 saturated carbocycles. The first kappa shape index (κ1) is 13.6. The van der Waals surface area contributed by atoms with Gasteiger partial charge >= 0.3 is 5.63 Å². The highest BCUT2D eigenvalue weighted by atomic mass is 16.5. The van der Waals surface area contributed by atoms with Gasteiger partial charge in [-0.15, -0.1) is 0 Å². The number of primary amides is 1. The molecule has 1 aromatic carbocycles. The third kappa shape index (κ3) is 2.33. The summed E-state index contributed by atoms with van der Waals surface area (Å²) in [6.07, 6.45) is 0. The normalized spacial score (nSPS) is 10.3. The molecular formula is C13H13N3O4. The van der Waals surface area contributed by atoms with Gasteiger partial charge in [0.2, 0.25) is 0 Å². The predicted octanol–water partition coefficient (Wildman–Crippen LogP) is 0.638. The van der Waals surface area contributed by atoms with E-state index in [4.69, 9.17) is 10.3 Å². The molecule has 0 aliphatic rings. The number of carbonyl (C=O) groups is 2. The van der Waals surface area contributed by atoms with E-state index >= 15 is 0 Å². The van der Waals surface area contributed by atoms with E-state index in [1.165, 1.54) is 23.9 Å². The Labute approximate surface area is 113 Å². The SMILES string of the molecule is Cc1c(C(=O)Nc2ccccc2C(N)=O)c(=O)on1C. The van der Waals surface area contributed by atoms with E-state index in [-0.39, 0.29) is 16.8 Å². The van der Waals surface area contributed by atoms with Crippen LogP contribution in [0.25, 0.3) is 0 Å². The van der Waals surface area contributed by atoms with Crippen molar-refractivity contribution in [3.63, 3.8) is 0 Å². The smallest absolute Gasteiger partial charge is 0.366 e. The van der Waals surface area contributed by atoms with Crippen LogP contribution in [0.15, 0.2) is 33.6 Å². The summed E-state index contributed by atoms with van der Waals surface area (Å²) in [4.78, 5) is 34.9. The number of aryl methyl sites for hydroxylation is 1. The standard InChI is InChI=1S/C13H13N3O4/c1-7-10(13(19)20-16(7)2)12(18)15-9-6-4-3-5-8(9)11(14)17/h3-6H,1-2H3,(H2,14,17)(H,15,18). The third-order valence-corrected chi connectivity index (χ3v) is 2.93. The molecule has 7 heteroatoms. The fourth-order valence-corrected chi connectivity index (χ4v) is 1.79. The average Bonchev–Trinajstić information content (AvgIpc) is 2.63. The largest absolute Gasteiger partial charge is 0.370 e. The van der Waals surface area contributed by atoms with Crippen molar-refractivity contribution in [1.29, 1.82) is 0 Å². The lowest BCUT2D eigenvalue weighted by Crippen LogP contribution is -2.22. The van der Waals surface area contributed by atoms with Gasteiger partial charge in [-0.3, -0.25) is 9.59 Å². The second-order valence-electron chi connectivity index (χ2n) is 4.20. The summed E-state index contributed by atoms with van der Waals surface area (Å²) in [5.74, 6) is -1.32. The van der Waals surface area contributed by atoms with Gasteiger partial charge in [-0.05, 0) is 19.1 Å². The molecule has 0 aliphatic heterocycles. The second-order valence-corrected chi connectivity index (χ2v) is 4.20. The van der Waals surface area contributed by atoms with E-state index < -0.39 is 17.4 Å². The van der Waals surface area contributed by atoms with E-state index in [0.29, 0.717) is 5.69 Å². The summed E-state index contributed by atoms with van der Waals surface area (Å²) in [6, 6.07) is 6.27. The molecule has 2 rings (SSSR count). The summed E-state index contributed by atoms with van der Waals surface area (Å²) in [5.41, 5.74) is 5.18. The lowest BCUT2D eigenvalue weighted by Gasteiger charge is -2.07. The van der Waals surface area contributed by atoms with Gasteiger partial charge < -0.3 is 15.6 Å². The Hall–Kier alpha value is -2.83. The molecule has 7 nitrogen and oxygen atoms in total. The first-order valence-electron chi connectivity index (χ1n) is 5.79. The Bertz CT molecular complexity index is 742. The third-order valence-electron chi connectivity index (χ3n) is 2.93. The number of nitrogens with zero attached hydrogens (tertiary/aromatic N) is 1. The van der Waals surface area contributed by atoms with Gasteiger partial charge in [0, 0.05) is 7.05 Å². The van der Waals surface area contributed by atoms with Gasteiger partial charge in [0.1, 0.15) is 5.56 Å². The van der Waals surface area contributed by atoms with Crippen LogP contribution in [0.3, 0.4) is 0 Å². The topological polar surface area (TPSA) is 107 Å². The van der Waals surface area contributed by atoms with Crippen molar-refractivity contribution >= 4 is 17.5 Å². The second kappa shape index (κ2) is 5.04. The Morgan fingerprint density at radius 2 is 1.95 bits per heavy atom. The summed E-state index contributed by atoms with van der Waals surface area (Å²) in [7, 11) is 1.52. The molecule has 1 heterocycles. The van der Waals surface area contributed by atoms with E-state index in [2.05, 4.69) is 5.32 Å². The van der Waals surface area contributed by atoms with Gasteiger partial charge in [0.25, 0.3) is 11.8 Å². The van der Waals surface area contributed by atoms with E-state index in [1.54, 1.807) is 19.1 Å². The van der Waals surface area contributed by atoms with Crippen LogP contribution in [0, 0.1) is 6.92 Å². The van der Waals surface area contributed by atoms with E-state index in [9.17, 15) is 14.4 Å². The van der Waals surface area contributed by atoms with Crippen LogP contribution in [-0.2, 0) is 7.05 Å². The monoisotopic (exact) mass is 275 g/mol. The molecule has 0 spiro atoms. The fraction of sp³-hybridized carbons (Fsp3) is 0.154. The van der Waals surface area contributed by atoms with Gasteiger partial charge in [-0.1, -0.05) is 12.1 Å². The molecule has 2 aromatic rings. The molecule has 2 amide bonds. The molecule has 3 N–H and O–H groups in total. The Morgan fingerprint density at radius 1 is 1.30 bits per heavy atom. The molecule has 0 aliphatic carbocycles. The van der Waals surface area contributed by atoms with Crippen LogP contribution >= 0.6 is 0 Å². The van der Waals surface area contributed by atoms with Crippen molar-refractivity contribution in [3.05, 3.63) is 51.5 Å². The summed E-state index contributed by atoms with van der Waals surface area (Å²) in [6.45, 7) is 1.58. The highest BCUT2D eigenvalue weighted by Crippen LogP contribution is 2.15. The van der Waals surface area contributed by atoms with Crippen molar-refractivity contribution in [1.82, 2.24) is 4.74 Å². The number of nitrogens with one attached hydrogen (secondary N) is 1. The average molecular weight is 275 g/mol. The Balaban J connectivity index is 2.38. The summed E-state index contributed by atoms with van der Waals surface area (Å²) >= 11 is 0. The number of benzene rings is 1. The van der Waals surface area contributed by atoms with Gasteiger partial charge in [0.15, 0.2) is 0 Å². The number of rotatable bonds is 3. The molecule has 0 radical (unpaired) electrons. The quantitative estimate of drug-likeness (QED) is 0.856. The number of carbonyl (C=O) groups excluding carboxylic acids is 2. The molecule has 0 atom stereocenters. The van der Waals surface area contributed by atoms with Crippen molar-refractivity contribution < 1.29 is 14.1 Å². The maximum absolute atomic E-state index is 12.1. The van der Waals surface area contributed by atoms with Crippen molar-refractivity contribution in [2.75, 3.05) is 5.32 Å². The van der Waals surface area contributed by atoms with E-state index in [0.717, 1.165) is 0 Å². The Morgan fingerprint density at radius 3 is 2.50 bits per heavy atom. The number of amides is 2. The number of hydrogen-bond donors (Lipinski definition) is 2. The number of hydrogen-bond acceptors (Lipinski definition) is 4. The maximum atomic E-state index is 12.1. The van der Waals surface area contributed by atoms with Crippen LogP contribution in [-0.4, -0.2) is 16.6 Å². The van der Waals surface area contributed by atoms with Crippen LogP contribution in [0.1, 0.15) is 26.4 Å². The van der Waals surface area contributed by atoms with Crippen molar-refractivity contribution in [2.24, 2.45) is 12.8 Å². The zero-order chi connectivity index (χ0) is 14.9. The van der Waals surface area contributed by atoms with E-state index in [1.807, 2.05) is 0 Å². The molecule has 104 valence electrons. The van der Waals surface area contributed by atoms with Gasteiger partial charge in [-0.2, -0.15) is 0 Å². The lowest BCUT2D eigenvalue weighted by atomic mass is 10.1. The minimum atomic E-state index is -0.737. The van der Waals surface area contributed by atoms with Crippen molar-refractivity contribution in [2.45, 2.75) is 6.92 Å². The minimum Gasteiger partial charge on any atom is -0.366 e. The summed E-state index contributed by atoms with van der Waals surface area (Å²) < 4.78 is 6.00. The first-order valence-corrected chi connectivity index (χ1v) is 5.79. The predicted molar refractivity (Wildman–Crippen MR) is 71.6 cm³/mol. The van der Waals surface area contributed by atoms with Crippen LogP contribution < -0.4 is 16.7 Å². The number of nitrogens with two attached hydrogens (primary N) is 1. The zero-order valence-corrected chi connectivity index (χ0v) is 11.0.